The second kappa shape index (κ2) is 30.3. The van der Waals surface area contributed by atoms with Gasteiger partial charge in [0.1, 0.15) is 4.90 Å². The van der Waals surface area contributed by atoms with Crippen molar-refractivity contribution in [1.82, 2.24) is 42.9 Å². The minimum Gasteiger partial charge on any atom is -0.483 e. The Bertz CT molecular complexity index is 4530. The molecule has 5 aromatic carbocycles. The highest BCUT2D eigenvalue weighted by molar-refractivity contribution is 7.90. The quantitative estimate of drug-likeness (QED) is 0.126. The lowest BCUT2D eigenvalue weighted by atomic mass is 10.2. The van der Waals surface area contributed by atoms with E-state index in [1.165, 1.54) is 30.1 Å². The van der Waals surface area contributed by atoms with Crippen LogP contribution in [0.1, 0.15) is 25.0 Å². The SMILES string of the molecule is CC(=O)N1CCc2cc(S(=O)(=O)n3cc(N4CCN(C)CC4)c4ccccc43)ccc21.CC(=O)N1CCc2cc(S(=O)(=O)n3nc(N4CCNCC4)c4ccccc43)ccc21.O=CO.O=CO.O=CO.O=S(=O)(c1cccnc1)n1nc(N2CCNCC2)c2ccccc21. The molecule has 3 fully saturated rings. The van der Waals surface area contributed by atoms with Crippen LogP contribution in [0.25, 0.3) is 32.7 Å². The van der Waals surface area contributed by atoms with Crippen molar-refractivity contribution < 1.29 is 64.5 Å². The van der Waals surface area contributed by atoms with Gasteiger partial charge in [-0.15, -0.1) is 10.2 Å². The summed E-state index contributed by atoms with van der Waals surface area (Å²) in [6, 6.07) is 35.7. The number of benzene rings is 5. The third kappa shape index (κ3) is 14.5. The average Bonchev–Trinajstić information content (AvgIpc) is 1.60. The van der Waals surface area contributed by atoms with E-state index in [-0.39, 0.29) is 45.9 Å². The number of hydrogen-bond acceptors (Lipinski definition) is 20. The molecule has 0 spiro atoms. The van der Waals surface area contributed by atoms with Gasteiger partial charge >= 0.3 is 0 Å². The van der Waals surface area contributed by atoms with Gasteiger partial charge in [0.2, 0.25) is 11.8 Å². The number of aromatic nitrogens is 6. The summed E-state index contributed by atoms with van der Waals surface area (Å²) in [5, 5.41) is 38.9. The Morgan fingerprint density at radius 1 is 0.468 bits per heavy atom. The fourth-order valence-corrected chi connectivity index (χ4v) is 15.8. The van der Waals surface area contributed by atoms with E-state index in [2.05, 4.69) is 52.5 Å². The van der Waals surface area contributed by atoms with Gasteiger partial charge in [0.05, 0.1) is 32.0 Å². The highest BCUT2D eigenvalue weighted by Crippen LogP contribution is 2.37. The smallest absolute Gasteiger partial charge is 0.290 e. The van der Waals surface area contributed by atoms with Crippen molar-refractivity contribution in [3.8, 4) is 0 Å². The first kappa shape index (κ1) is 68.6. The molecule has 14 rings (SSSR count). The molecule has 5 N–H and O–H groups in total. The number of anilines is 5. The highest BCUT2D eigenvalue weighted by Gasteiger charge is 2.32. The van der Waals surface area contributed by atoms with Gasteiger partial charge in [-0.25, -0.2) is 12.4 Å². The summed E-state index contributed by atoms with van der Waals surface area (Å²) in [5.74, 6) is 1.34. The van der Waals surface area contributed by atoms with E-state index in [0.29, 0.717) is 54.1 Å². The molecule has 5 aliphatic heterocycles. The summed E-state index contributed by atoms with van der Waals surface area (Å²) >= 11 is 0. The van der Waals surface area contributed by atoms with Crippen molar-refractivity contribution in [1.29, 1.82) is 0 Å². The second-order valence-corrected chi connectivity index (χ2v) is 27.3. The normalized spacial score (nSPS) is 15.5. The Kier molecular flexibility index (Phi) is 22.1. The number of carboxylic acid groups (broad SMARTS) is 3. The number of carbonyl (C=O) groups is 5. The highest BCUT2D eigenvalue weighted by atomic mass is 32.2. The van der Waals surface area contributed by atoms with Gasteiger partial charge in [0.25, 0.3) is 49.5 Å². The molecule has 3 saturated heterocycles. The molecule has 0 saturated carbocycles. The number of nitrogens with zero attached hydrogens (tertiary/aromatic N) is 12. The Morgan fingerprint density at radius 2 is 0.883 bits per heavy atom. The Labute approximate surface area is 543 Å². The van der Waals surface area contributed by atoms with Crippen LogP contribution in [0.15, 0.2) is 155 Å². The molecule has 496 valence electrons. The summed E-state index contributed by atoms with van der Waals surface area (Å²) in [5.41, 5.74) is 6.14. The zero-order chi connectivity index (χ0) is 67.3. The van der Waals surface area contributed by atoms with E-state index in [9.17, 15) is 34.8 Å². The zero-order valence-corrected chi connectivity index (χ0v) is 54.2. The van der Waals surface area contributed by atoms with Crippen molar-refractivity contribution in [2.75, 3.05) is 123 Å². The van der Waals surface area contributed by atoms with Crippen LogP contribution in [-0.4, -0.2) is 203 Å². The number of carbonyl (C=O) groups excluding carboxylic acids is 2. The first-order chi connectivity index (χ1) is 45.2. The van der Waals surface area contributed by atoms with Crippen LogP contribution in [0, 0.1) is 0 Å². The molecule has 4 aromatic heterocycles. The van der Waals surface area contributed by atoms with Gasteiger partial charge in [-0.3, -0.25) is 29.0 Å². The average molecular weight is 1350 g/mol. The molecule has 9 heterocycles. The number of pyridine rings is 1. The summed E-state index contributed by atoms with van der Waals surface area (Å²) in [4.78, 5) is 65.4. The van der Waals surface area contributed by atoms with Gasteiger partial charge < -0.3 is 55.4 Å². The fraction of sp³-hybridized carbons (Fsp3) is 0.302. The number of hydrogen-bond donors (Lipinski definition) is 5. The summed E-state index contributed by atoms with van der Waals surface area (Å²) in [6.07, 6.45) is 5.96. The molecule has 31 heteroatoms. The number of piperazine rings is 3. The van der Waals surface area contributed by atoms with Gasteiger partial charge in [0.15, 0.2) is 11.6 Å². The Balaban J connectivity index is 0.000000157. The maximum atomic E-state index is 13.7. The number of nitrogens with one attached hydrogen (secondary N) is 2. The molecule has 9 aromatic rings. The fourth-order valence-electron chi connectivity index (χ4n) is 11.8. The lowest BCUT2D eigenvalue weighted by Gasteiger charge is -2.33. The van der Waals surface area contributed by atoms with Gasteiger partial charge in [-0.1, -0.05) is 42.5 Å². The van der Waals surface area contributed by atoms with Gasteiger partial charge in [-0.2, -0.15) is 25.0 Å². The molecule has 0 bridgehead atoms. The lowest BCUT2D eigenvalue weighted by molar-refractivity contribution is -0.123. The minimum absolute atomic E-state index is 0.0254. The molecular formula is C63H72N14O14S3. The van der Waals surface area contributed by atoms with Crippen LogP contribution in [0.4, 0.5) is 28.7 Å². The molecule has 5 aliphatic rings. The third-order valence-corrected chi connectivity index (χ3v) is 21.1. The maximum Gasteiger partial charge on any atom is 0.290 e. The van der Waals surface area contributed by atoms with Crippen molar-refractivity contribution in [2.24, 2.45) is 0 Å². The molecule has 0 unspecified atom stereocenters. The summed E-state index contributed by atoms with van der Waals surface area (Å²) < 4.78 is 84.1. The monoisotopic (exact) mass is 1340 g/mol. The second-order valence-electron chi connectivity index (χ2n) is 21.9. The molecule has 0 aliphatic carbocycles. The first-order valence-electron chi connectivity index (χ1n) is 29.9. The van der Waals surface area contributed by atoms with Gasteiger partial charge in [-0.05, 0) is 110 Å². The number of likely N-dealkylation sites (N-methyl/N-ethyl adjacent to an activating group) is 1. The van der Waals surface area contributed by atoms with E-state index >= 15 is 0 Å². The van der Waals surface area contributed by atoms with Crippen molar-refractivity contribution in [2.45, 2.75) is 41.4 Å². The number of amides is 2. The largest absolute Gasteiger partial charge is 0.483 e. The summed E-state index contributed by atoms with van der Waals surface area (Å²) in [6.45, 7) is 13.6. The van der Waals surface area contributed by atoms with Gasteiger partial charge in [0, 0.05) is 152 Å². The molecule has 0 atom stereocenters. The molecular weight excluding hydrogens is 1270 g/mol. The van der Waals surface area contributed by atoms with Crippen LogP contribution < -0.4 is 35.1 Å². The van der Waals surface area contributed by atoms with Crippen LogP contribution in [0.3, 0.4) is 0 Å². The molecule has 2 amide bonds. The summed E-state index contributed by atoms with van der Waals surface area (Å²) in [7, 11) is -9.34. The van der Waals surface area contributed by atoms with E-state index in [4.69, 9.17) is 29.7 Å². The first-order valence-corrected chi connectivity index (χ1v) is 34.2. The van der Waals surface area contributed by atoms with Crippen molar-refractivity contribution in [3.63, 3.8) is 0 Å². The molecule has 28 nitrogen and oxygen atoms in total. The maximum absolute atomic E-state index is 13.7. The minimum atomic E-state index is -3.88. The van der Waals surface area contributed by atoms with E-state index < -0.39 is 30.1 Å². The molecule has 94 heavy (non-hydrogen) atoms. The predicted molar refractivity (Wildman–Crippen MR) is 356 cm³/mol. The number of para-hydroxylation sites is 3. The number of fused-ring (bicyclic) bond motifs is 5. The third-order valence-electron chi connectivity index (χ3n) is 16.3. The standard InChI is InChI=1S/C23H26N4O3S.C21H23N5O3S.C16H17N5O2S.3CH2O2/c1-17(28)26-10-9-18-15-19(7-8-21(18)26)31(29,30)27-16-23(20-5-3-4-6-22(20)27)25-13-11-24(2)12-14-25;1-15(27)25-11-8-16-14-17(6-7-19(16)25)30(28,29)26-20-5-3-2-4-18(20)21(23-26)24-12-9-22-10-13-24;22-24(23,13-4-3-7-18-12-13)21-15-6-2-1-5-14(15)16(19-21)20-10-8-17-9-11-20;3*2-1-3/h3-8,15-16H,9-14H2,1-2H3;2-7,14,22H,8-13H2,1H3;1-7,12,17H,8-11H2;3*1H,(H,2,3). The van der Waals surface area contributed by atoms with E-state index in [1.54, 1.807) is 76.8 Å². The lowest BCUT2D eigenvalue weighted by Crippen LogP contribution is -2.44. The molecule has 0 radical (unpaired) electrons. The van der Waals surface area contributed by atoms with Crippen molar-refractivity contribution >= 4 is 123 Å². The van der Waals surface area contributed by atoms with Crippen molar-refractivity contribution in [3.05, 3.63) is 151 Å². The topological polar surface area (TPSA) is 345 Å². The van der Waals surface area contributed by atoms with Crippen LogP contribution in [-0.2, 0) is 66.9 Å². The van der Waals surface area contributed by atoms with E-state index in [1.807, 2.05) is 60.7 Å². The Morgan fingerprint density at radius 3 is 1.32 bits per heavy atom. The van der Waals surface area contributed by atoms with Crippen LogP contribution >= 0.6 is 0 Å². The Hall–Kier alpha value is -9.79. The predicted octanol–water partition coefficient (Wildman–Crippen LogP) is 4.31. The van der Waals surface area contributed by atoms with Crippen LogP contribution in [0.5, 0.6) is 0 Å². The number of rotatable bonds is 9. The zero-order valence-electron chi connectivity index (χ0n) is 51.7. The van der Waals surface area contributed by atoms with E-state index in [0.717, 1.165) is 131 Å². The van der Waals surface area contributed by atoms with Crippen LogP contribution in [0.2, 0.25) is 0 Å².